The Balaban J connectivity index is 1.96. The lowest BCUT2D eigenvalue weighted by atomic mass is 9.96. The number of hydrogen-bond donors (Lipinski definition) is 0. The summed E-state index contributed by atoms with van der Waals surface area (Å²) in [5.74, 6) is 0.662. The largest absolute Gasteiger partial charge is 0.493 e. The molecule has 0 radical (unpaired) electrons. The van der Waals surface area contributed by atoms with Gasteiger partial charge in [-0.25, -0.2) is 9.79 Å². The molecule has 1 atom stereocenters. The lowest BCUT2D eigenvalue weighted by molar-refractivity contribution is -0.139. The van der Waals surface area contributed by atoms with Crippen LogP contribution in [0.15, 0.2) is 57.5 Å². The van der Waals surface area contributed by atoms with Crippen molar-refractivity contribution in [1.29, 1.82) is 0 Å². The predicted octanol–water partition coefficient (Wildman–Crippen LogP) is 4.07. The van der Waals surface area contributed by atoms with Gasteiger partial charge >= 0.3 is 5.97 Å². The van der Waals surface area contributed by atoms with E-state index < -0.39 is 12.0 Å². The molecule has 0 saturated heterocycles. The maximum atomic E-state index is 13.7. The maximum absolute atomic E-state index is 13.7. The summed E-state index contributed by atoms with van der Waals surface area (Å²) in [5, 5.41) is 0.443. The quantitative estimate of drug-likeness (QED) is 0.305. The Morgan fingerprint density at radius 1 is 1.26 bits per heavy atom. The zero-order chi connectivity index (χ0) is 25.3. The first-order valence-electron chi connectivity index (χ1n) is 10.7. The van der Waals surface area contributed by atoms with E-state index in [-0.39, 0.29) is 12.2 Å². The third-order valence-corrected chi connectivity index (χ3v) is 7.60. The number of aromatic nitrogens is 1. The minimum atomic E-state index is -0.758. The lowest BCUT2D eigenvalue weighted by Crippen LogP contribution is -2.40. The van der Waals surface area contributed by atoms with Crippen molar-refractivity contribution in [2.75, 3.05) is 20.8 Å². The standard InChI is InChI=1S/C25H22ClIN2O5S/c1-5-34-24(31)20-13(2)28-25-29(21(20)15-8-6-7-9-16(15)26)23(30)19(35-25)12-14-10-17(27)22(33-4)18(11-14)32-3/h6-12,21H,5H2,1-4H3/b19-12-/t21-/m1/s1. The van der Waals surface area contributed by atoms with E-state index in [2.05, 4.69) is 27.6 Å². The first-order chi connectivity index (χ1) is 16.8. The highest BCUT2D eigenvalue weighted by molar-refractivity contribution is 14.1. The maximum Gasteiger partial charge on any atom is 0.338 e. The van der Waals surface area contributed by atoms with Crippen LogP contribution in [0.25, 0.3) is 6.08 Å². The summed E-state index contributed by atoms with van der Waals surface area (Å²) in [7, 11) is 3.14. The third-order valence-electron chi connectivity index (χ3n) is 5.47. The summed E-state index contributed by atoms with van der Waals surface area (Å²) in [4.78, 5) is 31.7. The molecule has 0 saturated carbocycles. The average Bonchev–Trinajstić information content (AvgIpc) is 3.12. The first-order valence-corrected chi connectivity index (χ1v) is 12.9. The Labute approximate surface area is 224 Å². The second kappa shape index (κ2) is 10.5. The molecule has 35 heavy (non-hydrogen) atoms. The topological polar surface area (TPSA) is 79.1 Å². The van der Waals surface area contributed by atoms with Crippen molar-refractivity contribution in [2.45, 2.75) is 19.9 Å². The van der Waals surface area contributed by atoms with Gasteiger partial charge in [-0.1, -0.05) is 41.1 Å². The van der Waals surface area contributed by atoms with Crippen LogP contribution in [-0.2, 0) is 9.53 Å². The van der Waals surface area contributed by atoms with E-state index in [0.717, 1.165) is 9.13 Å². The number of thiazole rings is 1. The molecular weight excluding hydrogens is 603 g/mol. The van der Waals surface area contributed by atoms with E-state index in [1.54, 1.807) is 58.4 Å². The second-order valence-corrected chi connectivity index (χ2v) is 10.1. The molecule has 0 amide bonds. The number of carbonyl (C=O) groups is 1. The molecule has 0 N–H and O–H groups in total. The number of benzene rings is 2. The molecule has 182 valence electrons. The normalized spacial score (nSPS) is 15.5. The molecule has 1 aromatic heterocycles. The van der Waals surface area contributed by atoms with Gasteiger partial charge in [0.15, 0.2) is 16.3 Å². The molecule has 7 nitrogen and oxygen atoms in total. The molecule has 3 aromatic rings. The van der Waals surface area contributed by atoms with Gasteiger partial charge in [0.05, 0.1) is 40.2 Å². The molecule has 1 aliphatic rings. The van der Waals surface area contributed by atoms with E-state index in [4.69, 9.17) is 25.8 Å². The number of methoxy groups -OCH3 is 2. The molecule has 2 heterocycles. The summed E-state index contributed by atoms with van der Waals surface area (Å²) in [6, 6.07) is 10.1. The number of hydrogen-bond acceptors (Lipinski definition) is 7. The van der Waals surface area contributed by atoms with Crippen molar-refractivity contribution in [3.05, 3.63) is 87.1 Å². The molecular formula is C25H22ClIN2O5S. The second-order valence-electron chi connectivity index (χ2n) is 7.56. The fourth-order valence-electron chi connectivity index (χ4n) is 3.96. The number of esters is 1. The van der Waals surface area contributed by atoms with Crippen LogP contribution in [0.4, 0.5) is 0 Å². The van der Waals surface area contributed by atoms with Gasteiger partial charge in [0.1, 0.15) is 6.04 Å². The number of nitrogens with zero attached hydrogens (tertiary/aromatic N) is 2. The molecule has 2 aromatic carbocycles. The van der Waals surface area contributed by atoms with Gasteiger partial charge in [-0.2, -0.15) is 0 Å². The van der Waals surface area contributed by atoms with Gasteiger partial charge < -0.3 is 14.2 Å². The molecule has 0 fully saturated rings. The van der Waals surface area contributed by atoms with Crippen molar-refractivity contribution in [3.8, 4) is 11.5 Å². The molecule has 0 bridgehead atoms. The van der Waals surface area contributed by atoms with Crippen LogP contribution in [0.2, 0.25) is 5.02 Å². The summed E-state index contributed by atoms with van der Waals surface area (Å²) in [6.07, 6.45) is 1.78. The summed E-state index contributed by atoms with van der Waals surface area (Å²) < 4.78 is 19.0. The summed E-state index contributed by atoms with van der Waals surface area (Å²) in [6.45, 7) is 3.68. The highest BCUT2D eigenvalue weighted by Gasteiger charge is 2.34. The van der Waals surface area contributed by atoms with E-state index in [1.165, 1.54) is 15.9 Å². The van der Waals surface area contributed by atoms with Gasteiger partial charge in [-0.3, -0.25) is 9.36 Å². The van der Waals surface area contributed by atoms with Crippen molar-refractivity contribution >= 4 is 57.6 Å². The number of ether oxygens (including phenoxy) is 3. The number of carbonyl (C=O) groups excluding carboxylic acids is 1. The van der Waals surface area contributed by atoms with Crippen molar-refractivity contribution in [3.63, 3.8) is 0 Å². The highest BCUT2D eigenvalue weighted by atomic mass is 127. The Morgan fingerprint density at radius 3 is 2.66 bits per heavy atom. The van der Waals surface area contributed by atoms with Gasteiger partial charge in [0.2, 0.25) is 0 Å². The zero-order valence-corrected chi connectivity index (χ0v) is 23.2. The Kier molecular flexibility index (Phi) is 7.67. The van der Waals surface area contributed by atoms with Gasteiger partial charge in [-0.05, 0) is 71.8 Å². The highest BCUT2D eigenvalue weighted by Crippen LogP contribution is 2.35. The Hall–Kier alpha value is -2.63. The van der Waals surface area contributed by atoms with E-state index in [0.29, 0.717) is 42.7 Å². The van der Waals surface area contributed by atoms with E-state index in [9.17, 15) is 9.59 Å². The molecule has 1 aliphatic heterocycles. The SMILES string of the molecule is CCOC(=O)C1=C(C)N=c2s/c(=C\c3cc(I)c(OC)c(OC)c3)c(=O)n2[C@@H]1c1ccccc1Cl. The van der Waals surface area contributed by atoms with E-state index >= 15 is 0 Å². The number of fused-ring (bicyclic) bond motifs is 1. The van der Waals surface area contributed by atoms with Gasteiger partial charge in [0.25, 0.3) is 5.56 Å². The smallest absolute Gasteiger partial charge is 0.338 e. The fourth-order valence-corrected chi connectivity index (χ4v) is 6.09. The van der Waals surface area contributed by atoms with Gasteiger partial charge in [0, 0.05) is 5.02 Å². The summed E-state index contributed by atoms with van der Waals surface area (Å²) >= 11 is 9.94. The monoisotopic (exact) mass is 624 g/mol. The molecule has 10 heteroatoms. The Morgan fingerprint density at radius 2 is 2.00 bits per heavy atom. The molecule has 0 spiro atoms. The van der Waals surface area contributed by atoms with E-state index in [1.807, 2.05) is 12.1 Å². The number of halogens is 2. The van der Waals surface area contributed by atoms with Crippen molar-refractivity contribution < 1.29 is 19.0 Å². The minimum Gasteiger partial charge on any atom is -0.493 e. The lowest BCUT2D eigenvalue weighted by Gasteiger charge is -2.25. The third kappa shape index (κ3) is 4.76. The average molecular weight is 625 g/mol. The van der Waals surface area contributed by atoms with Crippen molar-refractivity contribution in [1.82, 2.24) is 4.57 Å². The van der Waals surface area contributed by atoms with Crippen molar-refractivity contribution in [2.24, 2.45) is 4.99 Å². The van der Waals surface area contributed by atoms with Crippen LogP contribution in [0.1, 0.15) is 31.0 Å². The van der Waals surface area contributed by atoms with Crippen LogP contribution < -0.4 is 24.4 Å². The number of allylic oxidation sites excluding steroid dienone is 1. The summed E-state index contributed by atoms with van der Waals surface area (Å²) in [5.41, 5.74) is 1.90. The Bertz CT molecular complexity index is 1530. The van der Waals surface area contributed by atoms with Crippen LogP contribution in [-0.4, -0.2) is 31.4 Å². The van der Waals surface area contributed by atoms with Crippen LogP contribution in [0.5, 0.6) is 11.5 Å². The van der Waals surface area contributed by atoms with Crippen LogP contribution in [0, 0.1) is 3.57 Å². The molecule has 0 aliphatic carbocycles. The van der Waals surface area contributed by atoms with Crippen LogP contribution >= 0.6 is 45.5 Å². The minimum absolute atomic E-state index is 0.202. The molecule has 0 unspecified atom stereocenters. The number of rotatable bonds is 6. The van der Waals surface area contributed by atoms with Crippen LogP contribution in [0.3, 0.4) is 0 Å². The van der Waals surface area contributed by atoms with Gasteiger partial charge in [-0.15, -0.1) is 0 Å². The first kappa shape index (κ1) is 25.5. The molecule has 4 rings (SSSR count). The predicted molar refractivity (Wildman–Crippen MR) is 144 cm³/mol. The fraction of sp³-hybridized carbons (Fsp3) is 0.240. The zero-order valence-electron chi connectivity index (χ0n) is 19.4.